The molecule has 2 bridgehead atoms. The van der Waals surface area contributed by atoms with Gasteiger partial charge in [0.05, 0.1) is 5.69 Å². The van der Waals surface area contributed by atoms with E-state index in [4.69, 9.17) is 0 Å². The van der Waals surface area contributed by atoms with Crippen molar-refractivity contribution < 1.29 is 9.59 Å². The Labute approximate surface area is 161 Å². The fourth-order valence-electron chi connectivity index (χ4n) is 4.53. The SMILES string of the molecule is O=C(Nc1ccc(-c2cn3ccsc3n2)cc1)C1CC2CCCC(C1)C2=O. The van der Waals surface area contributed by atoms with E-state index in [9.17, 15) is 9.59 Å². The van der Waals surface area contributed by atoms with E-state index in [1.807, 2.05) is 46.4 Å². The number of carbonyl (C=O) groups excluding carboxylic acids is 2. The van der Waals surface area contributed by atoms with E-state index in [1.165, 1.54) is 0 Å². The molecule has 0 radical (unpaired) electrons. The number of hydrogen-bond donors (Lipinski definition) is 1. The smallest absolute Gasteiger partial charge is 0.227 e. The first kappa shape index (κ1) is 16.7. The minimum Gasteiger partial charge on any atom is -0.326 e. The molecular formula is C21H21N3O2S. The molecule has 0 spiro atoms. The quantitative estimate of drug-likeness (QED) is 0.734. The van der Waals surface area contributed by atoms with Crippen LogP contribution in [0, 0.1) is 17.8 Å². The summed E-state index contributed by atoms with van der Waals surface area (Å²) in [4.78, 5) is 30.5. The first-order valence-electron chi connectivity index (χ1n) is 9.54. The molecular weight excluding hydrogens is 358 g/mol. The van der Waals surface area contributed by atoms with Crippen LogP contribution in [0.25, 0.3) is 16.2 Å². The number of benzene rings is 1. The molecule has 0 aliphatic heterocycles. The normalized spacial score (nSPS) is 24.9. The van der Waals surface area contributed by atoms with Crippen LogP contribution in [0.15, 0.2) is 42.0 Å². The van der Waals surface area contributed by atoms with Crippen molar-refractivity contribution in [1.29, 1.82) is 0 Å². The Morgan fingerprint density at radius 3 is 2.59 bits per heavy atom. The van der Waals surface area contributed by atoms with Crippen LogP contribution in [0.1, 0.15) is 32.1 Å². The summed E-state index contributed by atoms with van der Waals surface area (Å²) in [6.07, 6.45) is 8.47. The van der Waals surface area contributed by atoms with Crippen LogP contribution in [-0.4, -0.2) is 21.1 Å². The minimum atomic E-state index is -0.0439. The van der Waals surface area contributed by atoms with Gasteiger partial charge in [0.1, 0.15) is 5.78 Å². The Balaban J connectivity index is 1.27. The fourth-order valence-corrected chi connectivity index (χ4v) is 5.23. The van der Waals surface area contributed by atoms with E-state index in [-0.39, 0.29) is 23.7 Å². The number of anilines is 1. The number of nitrogens with one attached hydrogen (secondary N) is 1. The van der Waals surface area contributed by atoms with Crippen LogP contribution in [0.4, 0.5) is 5.69 Å². The van der Waals surface area contributed by atoms with Crippen LogP contribution in [0.5, 0.6) is 0 Å². The fraction of sp³-hybridized carbons (Fsp3) is 0.381. The number of amides is 1. The molecule has 2 aromatic heterocycles. The third-order valence-electron chi connectivity index (χ3n) is 5.96. The van der Waals surface area contributed by atoms with Gasteiger partial charge in [-0.3, -0.25) is 14.0 Å². The predicted molar refractivity (Wildman–Crippen MR) is 106 cm³/mol. The topological polar surface area (TPSA) is 63.5 Å². The molecule has 2 aliphatic carbocycles. The van der Waals surface area contributed by atoms with Crippen LogP contribution in [-0.2, 0) is 9.59 Å². The Bertz CT molecular complexity index is 960. The lowest BCUT2D eigenvalue weighted by atomic mass is 9.67. The largest absolute Gasteiger partial charge is 0.326 e. The van der Waals surface area contributed by atoms with Gasteiger partial charge >= 0.3 is 0 Å². The molecule has 2 fully saturated rings. The highest BCUT2D eigenvalue weighted by Gasteiger charge is 2.41. The summed E-state index contributed by atoms with van der Waals surface area (Å²) < 4.78 is 2.01. The van der Waals surface area contributed by atoms with Gasteiger partial charge in [-0.05, 0) is 37.8 Å². The zero-order chi connectivity index (χ0) is 18.4. The van der Waals surface area contributed by atoms with Crippen LogP contribution < -0.4 is 5.32 Å². The number of imidazole rings is 1. The second-order valence-corrected chi connectivity index (χ2v) is 8.55. The van der Waals surface area contributed by atoms with Gasteiger partial charge in [-0.15, -0.1) is 11.3 Å². The Hall–Kier alpha value is -2.47. The number of nitrogens with zero attached hydrogens (tertiary/aromatic N) is 2. The van der Waals surface area contributed by atoms with E-state index in [0.29, 0.717) is 18.6 Å². The molecule has 0 saturated heterocycles. The number of ketones is 1. The third kappa shape index (κ3) is 3.08. The van der Waals surface area contributed by atoms with E-state index in [2.05, 4.69) is 10.3 Å². The monoisotopic (exact) mass is 379 g/mol. The average molecular weight is 379 g/mol. The maximum atomic E-state index is 12.7. The molecule has 27 heavy (non-hydrogen) atoms. The van der Waals surface area contributed by atoms with Crippen LogP contribution in [0.2, 0.25) is 0 Å². The number of carbonyl (C=O) groups is 2. The summed E-state index contributed by atoms with van der Waals surface area (Å²) in [6.45, 7) is 0. The number of fused-ring (bicyclic) bond motifs is 3. The zero-order valence-corrected chi connectivity index (χ0v) is 15.7. The van der Waals surface area contributed by atoms with Gasteiger partial charge in [-0.25, -0.2) is 4.98 Å². The van der Waals surface area contributed by atoms with E-state index in [0.717, 1.165) is 41.2 Å². The lowest BCUT2D eigenvalue weighted by molar-refractivity contribution is -0.136. The lowest BCUT2D eigenvalue weighted by Crippen LogP contribution is -2.40. The highest BCUT2D eigenvalue weighted by atomic mass is 32.1. The summed E-state index contributed by atoms with van der Waals surface area (Å²) in [5.41, 5.74) is 2.76. The second-order valence-electron chi connectivity index (χ2n) is 7.68. The van der Waals surface area contributed by atoms with Gasteiger partial charge in [0.15, 0.2) is 4.96 Å². The van der Waals surface area contributed by atoms with Gasteiger partial charge < -0.3 is 5.32 Å². The zero-order valence-electron chi connectivity index (χ0n) is 14.9. The van der Waals surface area contributed by atoms with Crippen molar-refractivity contribution in [2.45, 2.75) is 32.1 Å². The summed E-state index contributed by atoms with van der Waals surface area (Å²) in [5.74, 6) is 0.609. The van der Waals surface area contributed by atoms with Crippen molar-refractivity contribution in [2.75, 3.05) is 5.32 Å². The number of Topliss-reactive ketones (excluding diaryl/α,β-unsaturated/α-hetero) is 1. The Kier molecular flexibility index (Phi) is 4.08. The molecule has 1 N–H and O–H groups in total. The summed E-state index contributed by atoms with van der Waals surface area (Å²) in [6, 6.07) is 7.83. The maximum Gasteiger partial charge on any atom is 0.227 e. The predicted octanol–water partition coefficient (Wildman–Crippen LogP) is 4.40. The van der Waals surface area contributed by atoms with Gasteiger partial charge in [0, 0.05) is 46.8 Å². The minimum absolute atomic E-state index is 0.0439. The van der Waals surface area contributed by atoms with Crippen molar-refractivity contribution in [2.24, 2.45) is 17.8 Å². The molecule has 5 rings (SSSR count). The second kappa shape index (κ2) is 6.60. The van der Waals surface area contributed by atoms with Gasteiger partial charge in [-0.1, -0.05) is 18.6 Å². The van der Waals surface area contributed by atoms with Crippen molar-refractivity contribution in [3.05, 3.63) is 42.0 Å². The molecule has 1 aromatic carbocycles. The highest BCUT2D eigenvalue weighted by molar-refractivity contribution is 7.15. The van der Waals surface area contributed by atoms with Gasteiger partial charge in [-0.2, -0.15) is 0 Å². The molecule has 2 aliphatic rings. The molecule has 1 amide bonds. The molecule has 5 nitrogen and oxygen atoms in total. The molecule has 2 atom stereocenters. The molecule has 2 unspecified atom stereocenters. The van der Waals surface area contributed by atoms with E-state index < -0.39 is 0 Å². The van der Waals surface area contributed by atoms with Crippen molar-refractivity contribution >= 4 is 33.7 Å². The number of thiazole rings is 1. The first-order chi connectivity index (χ1) is 13.2. The summed E-state index contributed by atoms with van der Waals surface area (Å²) in [5, 5.41) is 5.05. The number of hydrogen-bond acceptors (Lipinski definition) is 4. The number of rotatable bonds is 3. The Morgan fingerprint density at radius 1 is 1.15 bits per heavy atom. The number of aromatic nitrogens is 2. The average Bonchev–Trinajstić information content (AvgIpc) is 3.24. The third-order valence-corrected chi connectivity index (χ3v) is 6.73. The standard InChI is InChI=1S/C21H21N3O2S/c25-19-14-2-1-3-15(19)11-16(10-14)20(26)22-17-6-4-13(5-7-17)18-12-24-8-9-27-21(24)23-18/h4-9,12,14-16H,1-3,10-11H2,(H,22,26). The van der Waals surface area contributed by atoms with Gasteiger partial charge in [0.25, 0.3) is 0 Å². The molecule has 138 valence electrons. The van der Waals surface area contributed by atoms with E-state index in [1.54, 1.807) is 11.3 Å². The van der Waals surface area contributed by atoms with Crippen molar-refractivity contribution in [3.63, 3.8) is 0 Å². The highest BCUT2D eigenvalue weighted by Crippen LogP contribution is 2.40. The van der Waals surface area contributed by atoms with E-state index >= 15 is 0 Å². The van der Waals surface area contributed by atoms with Crippen molar-refractivity contribution in [1.82, 2.24) is 9.38 Å². The summed E-state index contributed by atoms with van der Waals surface area (Å²) >= 11 is 1.61. The van der Waals surface area contributed by atoms with Gasteiger partial charge in [0.2, 0.25) is 5.91 Å². The molecule has 2 heterocycles. The molecule has 3 aromatic rings. The first-order valence-corrected chi connectivity index (χ1v) is 10.4. The Morgan fingerprint density at radius 2 is 1.89 bits per heavy atom. The van der Waals surface area contributed by atoms with Crippen molar-refractivity contribution in [3.8, 4) is 11.3 Å². The maximum absolute atomic E-state index is 12.7. The van der Waals surface area contributed by atoms with Crippen LogP contribution >= 0.6 is 11.3 Å². The molecule has 2 saturated carbocycles. The molecule has 6 heteroatoms. The van der Waals surface area contributed by atoms with Crippen LogP contribution in [0.3, 0.4) is 0 Å². The lowest BCUT2D eigenvalue weighted by Gasteiger charge is -2.36. The summed E-state index contributed by atoms with van der Waals surface area (Å²) in [7, 11) is 0.